The fourth-order valence-electron chi connectivity index (χ4n) is 1.68. The van der Waals surface area contributed by atoms with Crippen molar-refractivity contribution < 1.29 is 4.79 Å². The van der Waals surface area contributed by atoms with Crippen molar-refractivity contribution in [3.63, 3.8) is 0 Å². The summed E-state index contributed by atoms with van der Waals surface area (Å²) >= 11 is 0. The van der Waals surface area contributed by atoms with Gasteiger partial charge < -0.3 is 0 Å². The smallest absolute Gasteiger partial charge is 0.161 e. The van der Waals surface area contributed by atoms with Crippen LogP contribution in [0.5, 0.6) is 0 Å². The van der Waals surface area contributed by atoms with Gasteiger partial charge in [-0.05, 0) is 38.5 Å². The first-order chi connectivity index (χ1) is 7.09. The predicted molar refractivity (Wildman–Crippen MR) is 61.2 cm³/mol. The predicted octanol–water partition coefficient (Wildman–Crippen LogP) is 3.05. The lowest BCUT2D eigenvalue weighted by molar-refractivity contribution is 0.101. The second-order valence-corrected chi connectivity index (χ2v) is 3.82. The standard InChI is InChI=1S/C13H13NO/c1-8-7-11-5-4-6-12(10(3)15)13(11)14-9(8)2/h4-7H,1-3H3. The van der Waals surface area contributed by atoms with Gasteiger partial charge in [-0.2, -0.15) is 0 Å². The number of Topliss-reactive ketones (excluding diaryl/α,β-unsaturated/α-hetero) is 1. The molecule has 2 nitrogen and oxygen atoms in total. The number of pyridine rings is 1. The molecule has 0 saturated heterocycles. The normalized spacial score (nSPS) is 10.6. The Balaban J connectivity index is 2.86. The average molecular weight is 199 g/mol. The van der Waals surface area contributed by atoms with E-state index in [4.69, 9.17) is 0 Å². The molecule has 0 bridgehead atoms. The lowest BCUT2D eigenvalue weighted by atomic mass is 10.0. The number of hydrogen-bond donors (Lipinski definition) is 0. The van der Waals surface area contributed by atoms with E-state index in [2.05, 4.69) is 11.1 Å². The zero-order valence-electron chi connectivity index (χ0n) is 9.16. The molecule has 0 radical (unpaired) electrons. The maximum absolute atomic E-state index is 11.4. The number of aryl methyl sites for hydroxylation is 2. The molecule has 0 saturated carbocycles. The van der Waals surface area contributed by atoms with Crippen molar-refractivity contribution in [2.45, 2.75) is 20.8 Å². The molecule has 0 aliphatic rings. The van der Waals surface area contributed by atoms with Gasteiger partial charge in [0.25, 0.3) is 0 Å². The van der Waals surface area contributed by atoms with Gasteiger partial charge in [-0.1, -0.05) is 12.1 Å². The highest BCUT2D eigenvalue weighted by Crippen LogP contribution is 2.19. The number of ketones is 1. The van der Waals surface area contributed by atoms with Crippen molar-refractivity contribution >= 4 is 16.7 Å². The molecule has 0 amide bonds. The van der Waals surface area contributed by atoms with E-state index in [0.29, 0.717) is 5.56 Å². The number of para-hydroxylation sites is 1. The summed E-state index contributed by atoms with van der Waals surface area (Å²) in [4.78, 5) is 15.9. The minimum atomic E-state index is 0.0661. The van der Waals surface area contributed by atoms with Crippen LogP contribution in [0.4, 0.5) is 0 Å². The summed E-state index contributed by atoms with van der Waals surface area (Å²) < 4.78 is 0. The first kappa shape index (κ1) is 9.84. The van der Waals surface area contributed by atoms with Crippen LogP contribution >= 0.6 is 0 Å². The summed E-state index contributed by atoms with van der Waals surface area (Å²) in [7, 11) is 0. The van der Waals surface area contributed by atoms with Gasteiger partial charge in [0.05, 0.1) is 5.52 Å². The largest absolute Gasteiger partial charge is 0.294 e. The monoisotopic (exact) mass is 199 g/mol. The number of fused-ring (bicyclic) bond motifs is 1. The molecule has 0 fully saturated rings. The van der Waals surface area contributed by atoms with Crippen molar-refractivity contribution in [1.82, 2.24) is 4.98 Å². The van der Waals surface area contributed by atoms with Crippen molar-refractivity contribution in [2.24, 2.45) is 0 Å². The Hall–Kier alpha value is -1.70. The quantitative estimate of drug-likeness (QED) is 0.661. The van der Waals surface area contributed by atoms with Crippen LogP contribution in [0.1, 0.15) is 28.5 Å². The van der Waals surface area contributed by atoms with E-state index in [-0.39, 0.29) is 5.78 Å². The zero-order chi connectivity index (χ0) is 11.0. The average Bonchev–Trinajstić information content (AvgIpc) is 2.18. The van der Waals surface area contributed by atoms with Crippen molar-refractivity contribution in [1.29, 1.82) is 0 Å². The molecule has 0 aliphatic heterocycles. The highest BCUT2D eigenvalue weighted by Gasteiger charge is 2.07. The Kier molecular flexibility index (Phi) is 2.27. The van der Waals surface area contributed by atoms with E-state index in [0.717, 1.165) is 22.2 Å². The van der Waals surface area contributed by atoms with E-state index >= 15 is 0 Å². The summed E-state index contributed by atoms with van der Waals surface area (Å²) in [5.41, 5.74) is 3.66. The number of nitrogens with zero attached hydrogens (tertiary/aromatic N) is 1. The maximum atomic E-state index is 11.4. The third-order valence-electron chi connectivity index (χ3n) is 2.67. The second kappa shape index (κ2) is 3.46. The van der Waals surface area contributed by atoms with Crippen molar-refractivity contribution in [2.75, 3.05) is 0 Å². The Morgan fingerprint density at radius 3 is 2.67 bits per heavy atom. The minimum absolute atomic E-state index is 0.0661. The molecule has 0 aliphatic carbocycles. The molecule has 0 spiro atoms. The highest BCUT2D eigenvalue weighted by atomic mass is 16.1. The van der Waals surface area contributed by atoms with E-state index in [1.54, 1.807) is 6.92 Å². The Labute approximate surface area is 89.0 Å². The number of aromatic nitrogens is 1. The van der Waals surface area contributed by atoms with Gasteiger partial charge in [-0.3, -0.25) is 9.78 Å². The van der Waals surface area contributed by atoms with Gasteiger partial charge in [0.15, 0.2) is 5.78 Å². The van der Waals surface area contributed by atoms with E-state index in [9.17, 15) is 4.79 Å². The van der Waals surface area contributed by atoms with Gasteiger partial charge in [0.1, 0.15) is 0 Å². The van der Waals surface area contributed by atoms with Crippen molar-refractivity contribution in [3.8, 4) is 0 Å². The van der Waals surface area contributed by atoms with Gasteiger partial charge in [-0.15, -0.1) is 0 Å². The third kappa shape index (κ3) is 1.63. The number of carbonyl (C=O) groups is 1. The number of benzene rings is 1. The molecule has 0 unspecified atom stereocenters. The summed E-state index contributed by atoms with van der Waals surface area (Å²) in [6.45, 7) is 5.57. The van der Waals surface area contributed by atoms with E-state index in [1.165, 1.54) is 0 Å². The lowest BCUT2D eigenvalue weighted by Crippen LogP contribution is -1.97. The molecular formula is C13H13NO. The zero-order valence-corrected chi connectivity index (χ0v) is 9.16. The van der Waals surface area contributed by atoms with Crippen molar-refractivity contribution in [3.05, 3.63) is 41.1 Å². The fraction of sp³-hybridized carbons (Fsp3) is 0.231. The number of hydrogen-bond acceptors (Lipinski definition) is 2. The van der Waals surface area contributed by atoms with Gasteiger partial charge in [0.2, 0.25) is 0 Å². The minimum Gasteiger partial charge on any atom is -0.294 e. The molecule has 0 N–H and O–H groups in total. The van der Waals surface area contributed by atoms with Crippen LogP contribution in [-0.2, 0) is 0 Å². The van der Waals surface area contributed by atoms with Crippen LogP contribution in [0.25, 0.3) is 10.9 Å². The van der Waals surface area contributed by atoms with Gasteiger partial charge >= 0.3 is 0 Å². The third-order valence-corrected chi connectivity index (χ3v) is 2.67. The Morgan fingerprint density at radius 1 is 1.27 bits per heavy atom. The molecule has 1 aromatic heterocycles. The lowest BCUT2D eigenvalue weighted by Gasteiger charge is -2.05. The maximum Gasteiger partial charge on any atom is 0.161 e. The van der Waals surface area contributed by atoms with Crippen LogP contribution in [0, 0.1) is 13.8 Å². The Bertz CT molecular complexity index is 543. The van der Waals surface area contributed by atoms with E-state index in [1.807, 2.05) is 32.0 Å². The van der Waals surface area contributed by atoms with E-state index < -0.39 is 0 Å². The molecule has 0 atom stereocenters. The molecule has 1 heterocycles. The molecule has 76 valence electrons. The van der Waals surface area contributed by atoms with Crippen LogP contribution in [-0.4, -0.2) is 10.8 Å². The molecule has 15 heavy (non-hydrogen) atoms. The summed E-state index contributed by atoms with van der Waals surface area (Å²) in [5.74, 6) is 0.0661. The highest BCUT2D eigenvalue weighted by molar-refractivity contribution is 6.05. The second-order valence-electron chi connectivity index (χ2n) is 3.82. The molecule has 2 heteroatoms. The molecule has 1 aromatic carbocycles. The number of carbonyl (C=O) groups excluding carboxylic acids is 1. The summed E-state index contributed by atoms with van der Waals surface area (Å²) in [6.07, 6.45) is 0. The van der Waals surface area contributed by atoms with Crippen LogP contribution in [0.15, 0.2) is 24.3 Å². The van der Waals surface area contributed by atoms with Crippen LogP contribution < -0.4 is 0 Å². The number of rotatable bonds is 1. The van der Waals surface area contributed by atoms with Gasteiger partial charge in [-0.25, -0.2) is 0 Å². The molecular weight excluding hydrogens is 186 g/mol. The summed E-state index contributed by atoms with van der Waals surface area (Å²) in [6, 6.07) is 7.78. The van der Waals surface area contributed by atoms with Crippen LogP contribution in [0.2, 0.25) is 0 Å². The van der Waals surface area contributed by atoms with Gasteiger partial charge in [0, 0.05) is 16.6 Å². The topological polar surface area (TPSA) is 30.0 Å². The molecule has 2 aromatic rings. The van der Waals surface area contributed by atoms with Crippen LogP contribution in [0.3, 0.4) is 0 Å². The fourth-order valence-corrected chi connectivity index (χ4v) is 1.68. The first-order valence-corrected chi connectivity index (χ1v) is 4.97. The first-order valence-electron chi connectivity index (χ1n) is 4.97. The summed E-state index contributed by atoms with van der Waals surface area (Å²) in [5, 5.41) is 1.03. The SMILES string of the molecule is CC(=O)c1cccc2cc(C)c(C)nc12. The Morgan fingerprint density at radius 2 is 2.00 bits per heavy atom. The molecule has 2 rings (SSSR count).